The van der Waals surface area contributed by atoms with Gasteiger partial charge in [-0.3, -0.25) is 14.7 Å². The van der Waals surface area contributed by atoms with Gasteiger partial charge in [0, 0.05) is 13.2 Å². The lowest BCUT2D eigenvalue weighted by atomic mass is 10.3. The van der Waals surface area contributed by atoms with Crippen LogP contribution >= 0.6 is 0 Å². The molecule has 3 rings (SSSR count). The van der Waals surface area contributed by atoms with Gasteiger partial charge >= 0.3 is 0 Å². The molecule has 1 atom stereocenters. The molecule has 6 heteroatoms. The van der Waals surface area contributed by atoms with Crippen LogP contribution < -0.4 is 10.1 Å². The van der Waals surface area contributed by atoms with E-state index in [9.17, 15) is 4.79 Å². The van der Waals surface area contributed by atoms with Crippen molar-refractivity contribution in [2.24, 2.45) is 7.05 Å². The fourth-order valence-corrected chi connectivity index (χ4v) is 2.10. The van der Waals surface area contributed by atoms with Gasteiger partial charge < -0.3 is 4.74 Å². The van der Waals surface area contributed by atoms with Crippen molar-refractivity contribution in [2.75, 3.05) is 5.32 Å². The number of nitrogens with one attached hydrogen (secondary N) is 1. The molecule has 112 valence electrons. The van der Waals surface area contributed by atoms with Gasteiger partial charge in [0.25, 0.3) is 5.91 Å². The average molecular weight is 296 g/mol. The summed E-state index contributed by atoms with van der Waals surface area (Å²) in [4.78, 5) is 20.8. The largest absolute Gasteiger partial charge is 0.481 e. The van der Waals surface area contributed by atoms with Crippen LogP contribution in [0.4, 0.5) is 5.95 Å². The van der Waals surface area contributed by atoms with Crippen molar-refractivity contribution in [1.82, 2.24) is 14.5 Å². The Bertz CT molecular complexity index is 798. The van der Waals surface area contributed by atoms with E-state index in [1.165, 1.54) is 0 Å². The summed E-state index contributed by atoms with van der Waals surface area (Å²) >= 11 is 0. The van der Waals surface area contributed by atoms with Crippen LogP contribution in [0.3, 0.4) is 0 Å². The third-order valence-electron chi connectivity index (χ3n) is 3.29. The second kappa shape index (κ2) is 5.85. The molecule has 1 amide bonds. The Morgan fingerprint density at radius 3 is 2.73 bits per heavy atom. The Hall–Kier alpha value is -2.89. The van der Waals surface area contributed by atoms with Crippen LogP contribution in [0.2, 0.25) is 0 Å². The third kappa shape index (κ3) is 2.76. The number of ether oxygens (including phenoxy) is 1. The van der Waals surface area contributed by atoms with Crippen molar-refractivity contribution < 1.29 is 9.53 Å². The summed E-state index contributed by atoms with van der Waals surface area (Å²) in [5, 5.41) is 2.77. The predicted molar refractivity (Wildman–Crippen MR) is 83.7 cm³/mol. The Labute approximate surface area is 127 Å². The molecule has 2 aromatic heterocycles. The number of carbonyl (C=O) groups excluding carboxylic acids is 1. The SMILES string of the molecule is C[C@H](Oc1ccccc1)C(=O)Nc1nc2cccnc2n1C. The summed E-state index contributed by atoms with van der Waals surface area (Å²) in [6.45, 7) is 1.70. The molecule has 0 fully saturated rings. The highest BCUT2D eigenvalue weighted by Gasteiger charge is 2.18. The summed E-state index contributed by atoms with van der Waals surface area (Å²) in [5.41, 5.74) is 1.45. The van der Waals surface area contributed by atoms with Crippen molar-refractivity contribution in [3.8, 4) is 5.75 Å². The highest BCUT2D eigenvalue weighted by molar-refractivity contribution is 5.94. The molecule has 1 N–H and O–H groups in total. The number of para-hydroxylation sites is 1. The molecule has 0 aliphatic carbocycles. The highest BCUT2D eigenvalue weighted by Crippen LogP contribution is 2.16. The van der Waals surface area contributed by atoms with E-state index in [0.717, 1.165) is 11.2 Å². The number of hydrogen-bond donors (Lipinski definition) is 1. The van der Waals surface area contributed by atoms with E-state index in [2.05, 4.69) is 15.3 Å². The molecule has 0 radical (unpaired) electrons. The van der Waals surface area contributed by atoms with Gasteiger partial charge in [0.15, 0.2) is 11.8 Å². The maximum absolute atomic E-state index is 12.2. The summed E-state index contributed by atoms with van der Waals surface area (Å²) in [6.07, 6.45) is 1.06. The number of carbonyl (C=O) groups is 1. The molecule has 0 spiro atoms. The lowest BCUT2D eigenvalue weighted by molar-refractivity contribution is -0.122. The van der Waals surface area contributed by atoms with E-state index < -0.39 is 6.10 Å². The van der Waals surface area contributed by atoms with Crippen LogP contribution in [0.5, 0.6) is 5.75 Å². The lowest BCUT2D eigenvalue weighted by Gasteiger charge is -2.14. The fourth-order valence-electron chi connectivity index (χ4n) is 2.10. The summed E-state index contributed by atoms with van der Waals surface area (Å²) in [6, 6.07) is 12.9. The number of aromatic nitrogens is 3. The zero-order valence-electron chi connectivity index (χ0n) is 12.4. The smallest absolute Gasteiger partial charge is 0.267 e. The number of benzene rings is 1. The van der Waals surface area contributed by atoms with Gasteiger partial charge in [-0.15, -0.1) is 0 Å². The Balaban J connectivity index is 1.74. The molecule has 1 aromatic carbocycles. The highest BCUT2D eigenvalue weighted by atomic mass is 16.5. The van der Waals surface area contributed by atoms with E-state index in [0.29, 0.717) is 11.7 Å². The topological polar surface area (TPSA) is 69.0 Å². The van der Waals surface area contributed by atoms with Crippen LogP contribution in [0.1, 0.15) is 6.92 Å². The number of aryl methyl sites for hydroxylation is 1. The second-order valence-electron chi connectivity index (χ2n) is 4.90. The molecular formula is C16H16N4O2. The Morgan fingerprint density at radius 1 is 1.23 bits per heavy atom. The van der Waals surface area contributed by atoms with E-state index in [-0.39, 0.29) is 5.91 Å². The van der Waals surface area contributed by atoms with Gasteiger partial charge in [0.1, 0.15) is 11.3 Å². The monoisotopic (exact) mass is 296 g/mol. The number of amides is 1. The Kier molecular flexibility index (Phi) is 3.74. The van der Waals surface area contributed by atoms with Crippen LogP contribution in [0.15, 0.2) is 48.7 Å². The number of anilines is 1. The minimum Gasteiger partial charge on any atom is -0.481 e. The van der Waals surface area contributed by atoms with Crippen molar-refractivity contribution in [3.05, 3.63) is 48.7 Å². The number of hydrogen-bond acceptors (Lipinski definition) is 4. The van der Waals surface area contributed by atoms with Gasteiger partial charge in [-0.05, 0) is 31.2 Å². The molecule has 3 aromatic rings. The van der Waals surface area contributed by atoms with Gasteiger partial charge in [-0.2, -0.15) is 0 Å². The molecule has 0 aliphatic rings. The zero-order chi connectivity index (χ0) is 15.5. The minimum atomic E-state index is -0.629. The van der Waals surface area contributed by atoms with E-state index in [1.807, 2.05) is 42.5 Å². The third-order valence-corrected chi connectivity index (χ3v) is 3.29. The van der Waals surface area contributed by atoms with Crippen LogP contribution in [-0.2, 0) is 11.8 Å². The van der Waals surface area contributed by atoms with Gasteiger partial charge in [0.05, 0.1) is 0 Å². The molecule has 6 nitrogen and oxygen atoms in total. The van der Waals surface area contributed by atoms with Gasteiger partial charge in [-0.25, -0.2) is 9.97 Å². The van der Waals surface area contributed by atoms with Gasteiger partial charge in [-0.1, -0.05) is 18.2 Å². The first kappa shape index (κ1) is 14.1. The summed E-state index contributed by atoms with van der Waals surface area (Å²) < 4.78 is 7.34. The number of fused-ring (bicyclic) bond motifs is 1. The quantitative estimate of drug-likeness (QED) is 0.802. The number of nitrogens with zero attached hydrogens (tertiary/aromatic N) is 3. The first-order valence-electron chi connectivity index (χ1n) is 6.95. The number of rotatable bonds is 4. The number of pyridine rings is 1. The van der Waals surface area contributed by atoms with E-state index >= 15 is 0 Å². The molecule has 0 saturated carbocycles. The van der Waals surface area contributed by atoms with Crippen LogP contribution in [0, 0.1) is 0 Å². The first-order valence-corrected chi connectivity index (χ1v) is 6.95. The summed E-state index contributed by atoms with van der Waals surface area (Å²) in [5.74, 6) is 0.835. The normalized spacial score (nSPS) is 12.1. The molecule has 0 saturated heterocycles. The molecule has 0 bridgehead atoms. The van der Waals surface area contributed by atoms with Crippen LogP contribution in [0.25, 0.3) is 11.2 Å². The Morgan fingerprint density at radius 2 is 2.00 bits per heavy atom. The summed E-state index contributed by atoms with van der Waals surface area (Å²) in [7, 11) is 1.81. The fraction of sp³-hybridized carbons (Fsp3) is 0.188. The van der Waals surface area contributed by atoms with Gasteiger partial charge in [0.2, 0.25) is 5.95 Å². The molecular weight excluding hydrogens is 280 g/mol. The van der Waals surface area contributed by atoms with Crippen molar-refractivity contribution in [2.45, 2.75) is 13.0 Å². The molecule has 2 heterocycles. The van der Waals surface area contributed by atoms with Crippen molar-refractivity contribution in [1.29, 1.82) is 0 Å². The maximum Gasteiger partial charge on any atom is 0.267 e. The molecule has 0 unspecified atom stereocenters. The predicted octanol–water partition coefficient (Wildman–Crippen LogP) is 2.37. The van der Waals surface area contributed by atoms with E-state index in [1.54, 1.807) is 24.7 Å². The van der Waals surface area contributed by atoms with E-state index in [4.69, 9.17) is 4.74 Å². The maximum atomic E-state index is 12.2. The molecule has 0 aliphatic heterocycles. The molecule has 22 heavy (non-hydrogen) atoms. The lowest BCUT2D eigenvalue weighted by Crippen LogP contribution is -2.31. The van der Waals surface area contributed by atoms with Crippen molar-refractivity contribution >= 4 is 23.0 Å². The second-order valence-corrected chi connectivity index (χ2v) is 4.90. The number of imidazole rings is 1. The van der Waals surface area contributed by atoms with Crippen molar-refractivity contribution in [3.63, 3.8) is 0 Å². The van der Waals surface area contributed by atoms with Crippen LogP contribution in [-0.4, -0.2) is 26.5 Å². The minimum absolute atomic E-state index is 0.262. The first-order chi connectivity index (χ1) is 10.6. The standard InChI is InChI=1S/C16H16N4O2/c1-11(22-12-7-4-3-5-8-12)15(21)19-16-18-13-9-6-10-17-14(13)20(16)2/h3-11H,1-2H3,(H,18,19,21)/t11-/m0/s1. The zero-order valence-corrected chi connectivity index (χ0v) is 12.4. The average Bonchev–Trinajstić information content (AvgIpc) is 2.85.